The van der Waals surface area contributed by atoms with Gasteiger partial charge in [0.1, 0.15) is 12.9 Å². The molecule has 3 heterocycles. The first-order valence-electron chi connectivity index (χ1n) is 5.61. The Labute approximate surface area is 107 Å². The molecule has 0 N–H and O–H groups in total. The average molecular weight is 263 g/mol. The van der Waals surface area contributed by atoms with E-state index < -0.39 is 6.67 Å². The van der Waals surface area contributed by atoms with Gasteiger partial charge in [0.25, 0.3) is 5.89 Å². The minimum absolute atomic E-state index is 0.202. The van der Waals surface area contributed by atoms with Gasteiger partial charge in [-0.05, 0) is 0 Å². The van der Waals surface area contributed by atoms with Gasteiger partial charge in [-0.2, -0.15) is 10.1 Å². The summed E-state index contributed by atoms with van der Waals surface area (Å²) in [5.74, 6) is 1.16. The van der Waals surface area contributed by atoms with E-state index in [4.69, 9.17) is 8.94 Å². The van der Waals surface area contributed by atoms with Gasteiger partial charge >= 0.3 is 0 Å². The number of nitrogens with zero attached hydrogens (tertiary/aromatic N) is 5. The van der Waals surface area contributed by atoms with Crippen molar-refractivity contribution >= 4 is 0 Å². The Bertz CT molecular complexity index is 687. The van der Waals surface area contributed by atoms with E-state index >= 15 is 0 Å². The second-order valence-corrected chi connectivity index (χ2v) is 3.86. The number of aryl methyl sites for hydroxylation is 2. The number of hydrogen-bond acceptors (Lipinski definition) is 6. The lowest BCUT2D eigenvalue weighted by Crippen LogP contribution is -1.98. The zero-order chi connectivity index (χ0) is 13.2. The summed E-state index contributed by atoms with van der Waals surface area (Å²) < 4.78 is 23.8. The van der Waals surface area contributed by atoms with E-state index in [1.165, 1.54) is 10.9 Å². The predicted octanol–water partition coefficient (Wildman–Crippen LogP) is 1.87. The first-order chi connectivity index (χ1) is 9.26. The number of oxazole rings is 1. The first kappa shape index (κ1) is 11.6. The summed E-state index contributed by atoms with van der Waals surface area (Å²) in [5, 5.41) is 7.82. The molecule has 0 fully saturated rings. The van der Waals surface area contributed by atoms with Crippen LogP contribution in [0, 0.1) is 6.92 Å². The molecular weight excluding hydrogens is 253 g/mol. The van der Waals surface area contributed by atoms with E-state index in [1.807, 2.05) is 0 Å². The van der Waals surface area contributed by atoms with Gasteiger partial charge in [-0.3, -0.25) is 4.68 Å². The molecule has 0 aliphatic heterocycles. The van der Waals surface area contributed by atoms with E-state index in [0.29, 0.717) is 23.0 Å². The molecule has 0 bridgehead atoms. The van der Waals surface area contributed by atoms with Gasteiger partial charge in [0.2, 0.25) is 5.82 Å². The van der Waals surface area contributed by atoms with Crippen LogP contribution in [0.2, 0.25) is 0 Å². The third-order valence-electron chi connectivity index (χ3n) is 2.47. The van der Waals surface area contributed by atoms with Crippen molar-refractivity contribution in [2.24, 2.45) is 0 Å². The minimum Gasteiger partial charge on any atom is -0.448 e. The number of hydrogen-bond donors (Lipinski definition) is 0. The fourth-order valence-electron chi connectivity index (χ4n) is 1.59. The third-order valence-corrected chi connectivity index (χ3v) is 2.47. The quantitative estimate of drug-likeness (QED) is 0.714. The van der Waals surface area contributed by atoms with Gasteiger partial charge in [-0.15, -0.1) is 0 Å². The number of aromatic nitrogens is 5. The Hall–Kier alpha value is -2.51. The highest BCUT2D eigenvalue weighted by Crippen LogP contribution is 2.21. The van der Waals surface area contributed by atoms with Gasteiger partial charge in [0.05, 0.1) is 18.3 Å². The van der Waals surface area contributed by atoms with Crippen molar-refractivity contribution < 1.29 is 13.3 Å². The van der Waals surface area contributed by atoms with Crippen molar-refractivity contribution in [1.29, 1.82) is 0 Å². The Balaban J connectivity index is 1.87. The van der Waals surface area contributed by atoms with Crippen LogP contribution in [-0.4, -0.2) is 31.6 Å². The molecule has 0 amide bonds. The van der Waals surface area contributed by atoms with Crippen molar-refractivity contribution in [3.8, 4) is 23.0 Å². The van der Waals surface area contributed by atoms with Crippen LogP contribution in [0.15, 0.2) is 27.6 Å². The molecule has 98 valence electrons. The van der Waals surface area contributed by atoms with Gasteiger partial charge in [0, 0.05) is 13.1 Å². The van der Waals surface area contributed by atoms with Crippen LogP contribution in [0.3, 0.4) is 0 Å². The highest BCUT2D eigenvalue weighted by atomic mass is 19.1. The van der Waals surface area contributed by atoms with Crippen molar-refractivity contribution in [3.05, 3.63) is 24.5 Å². The van der Waals surface area contributed by atoms with Crippen LogP contribution in [0.1, 0.15) is 5.89 Å². The number of halogens is 1. The second kappa shape index (κ2) is 4.63. The van der Waals surface area contributed by atoms with Crippen LogP contribution in [-0.2, 0) is 6.54 Å². The molecule has 0 radical (unpaired) electrons. The molecule has 3 rings (SSSR count). The lowest BCUT2D eigenvalue weighted by molar-refractivity contribution is 0.427. The molecule has 0 saturated carbocycles. The summed E-state index contributed by atoms with van der Waals surface area (Å²) in [4.78, 5) is 8.28. The molecule has 3 aromatic rings. The topological polar surface area (TPSA) is 82.8 Å². The minimum atomic E-state index is -0.475. The second-order valence-electron chi connectivity index (χ2n) is 3.86. The maximum absolute atomic E-state index is 12.2. The zero-order valence-electron chi connectivity index (χ0n) is 10.1. The Morgan fingerprint density at radius 2 is 2.26 bits per heavy atom. The molecule has 0 unspecified atom stereocenters. The van der Waals surface area contributed by atoms with E-state index in [9.17, 15) is 4.39 Å². The van der Waals surface area contributed by atoms with Crippen molar-refractivity contribution in [2.75, 3.05) is 6.67 Å². The van der Waals surface area contributed by atoms with E-state index in [2.05, 4.69) is 20.2 Å². The van der Waals surface area contributed by atoms with E-state index in [1.54, 1.807) is 19.3 Å². The Morgan fingerprint density at radius 3 is 3.00 bits per heavy atom. The molecule has 8 heteroatoms. The lowest BCUT2D eigenvalue weighted by atomic mass is 10.3. The molecule has 0 spiro atoms. The maximum Gasteiger partial charge on any atom is 0.280 e. The fourth-order valence-corrected chi connectivity index (χ4v) is 1.59. The van der Waals surface area contributed by atoms with Crippen molar-refractivity contribution in [1.82, 2.24) is 24.9 Å². The lowest BCUT2D eigenvalue weighted by Gasteiger charge is -1.92. The molecule has 0 atom stereocenters. The van der Waals surface area contributed by atoms with Gasteiger partial charge in [0.15, 0.2) is 11.6 Å². The van der Waals surface area contributed by atoms with Gasteiger partial charge < -0.3 is 8.94 Å². The molecule has 3 aromatic heterocycles. The highest BCUT2D eigenvalue weighted by Gasteiger charge is 2.14. The molecule has 19 heavy (non-hydrogen) atoms. The van der Waals surface area contributed by atoms with Crippen LogP contribution in [0.4, 0.5) is 4.39 Å². The maximum atomic E-state index is 12.2. The molecule has 0 saturated heterocycles. The summed E-state index contributed by atoms with van der Waals surface area (Å²) in [6, 6.07) is 0. The summed E-state index contributed by atoms with van der Waals surface area (Å²) in [6.07, 6.45) is 4.65. The Morgan fingerprint density at radius 1 is 1.37 bits per heavy atom. The first-order valence-corrected chi connectivity index (χ1v) is 5.61. The third kappa shape index (κ3) is 2.24. The van der Waals surface area contributed by atoms with E-state index in [-0.39, 0.29) is 12.4 Å². The van der Waals surface area contributed by atoms with Crippen molar-refractivity contribution in [2.45, 2.75) is 13.5 Å². The Kier molecular flexibility index (Phi) is 2.82. The smallest absolute Gasteiger partial charge is 0.280 e. The normalized spacial score (nSPS) is 11.1. The summed E-state index contributed by atoms with van der Waals surface area (Å²) in [6.45, 7) is 1.45. The monoisotopic (exact) mass is 263 g/mol. The molecule has 0 aromatic carbocycles. The number of rotatable bonds is 4. The number of alkyl halides is 1. The molecule has 0 aliphatic rings. The standard InChI is InChI=1S/C11H10FN5O2/c1-7-14-9(6-18-7)11-15-10(16-19-11)8-4-13-17(5-8)3-2-12/h4-6H,2-3H2,1H3. The zero-order valence-corrected chi connectivity index (χ0v) is 10.1. The molecule has 0 aliphatic carbocycles. The molecular formula is C11H10FN5O2. The van der Waals surface area contributed by atoms with Gasteiger partial charge in [-0.25, -0.2) is 9.37 Å². The van der Waals surface area contributed by atoms with Crippen LogP contribution in [0.5, 0.6) is 0 Å². The van der Waals surface area contributed by atoms with Gasteiger partial charge in [-0.1, -0.05) is 5.16 Å². The average Bonchev–Trinajstić information content (AvgIpc) is 3.07. The van der Waals surface area contributed by atoms with E-state index in [0.717, 1.165) is 0 Å². The van der Waals surface area contributed by atoms with Crippen LogP contribution < -0.4 is 0 Å². The largest absolute Gasteiger partial charge is 0.448 e. The summed E-state index contributed by atoms with van der Waals surface area (Å²) >= 11 is 0. The highest BCUT2D eigenvalue weighted by molar-refractivity contribution is 5.55. The van der Waals surface area contributed by atoms with Crippen LogP contribution in [0.25, 0.3) is 23.0 Å². The SMILES string of the molecule is Cc1nc(-c2nc(-c3cnn(CCF)c3)no2)co1. The summed E-state index contributed by atoms with van der Waals surface area (Å²) in [5.41, 5.74) is 1.14. The predicted molar refractivity (Wildman–Crippen MR) is 61.7 cm³/mol. The van der Waals surface area contributed by atoms with Crippen molar-refractivity contribution in [3.63, 3.8) is 0 Å². The van der Waals surface area contributed by atoms with Crippen LogP contribution >= 0.6 is 0 Å². The molecule has 7 nitrogen and oxygen atoms in total. The summed E-state index contributed by atoms with van der Waals surface area (Å²) in [7, 11) is 0. The fraction of sp³-hybridized carbons (Fsp3) is 0.273.